The minimum absolute atomic E-state index is 0.0125. The second-order valence-corrected chi connectivity index (χ2v) is 6.03. The molecule has 0 bridgehead atoms. The smallest absolute Gasteiger partial charge is 0.355 e. The van der Waals surface area contributed by atoms with Crippen LogP contribution in [0.4, 0.5) is 0 Å². The molecule has 0 aliphatic heterocycles. The molecule has 2 N–H and O–H groups in total. The first kappa shape index (κ1) is 15.9. The number of carbonyl (C=O) groups excluding carboxylic acids is 1. The zero-order valence-electron chi connectivity index (χ0n) is 12.0. The Kier molecular flexibility index (Phi) is 5.69. The molecule has 6 nitrogen and oxygen atoms in total. The number of amides is 1. The van der Waals surface area contributed by atoms with Crippen molar-refractivity contribution in [3.63, 3.8) is 0 Å². The first-order chi connectivity index (χ1) is 10.1. The van der Waals surface area contributed by atoms with E-state index in [1.165, 1.54) is 29.6 Å². The summed E-state index contributed by atoms with van der Waals surface area (Å²) in [5.41, 5.74) is 0.0125. The predicted octanol–water partition coefficient (Wildman–Crippen LogP) is 2.20. The van der Waals surface area contributed by atoms with Crippen molar-refractivity contribution in [2.45, 2.75) is 57.8 Å². The van der Waals surface area contributed by atoms with Crippen molar-refractivity contribution in [3.8, 4) is 0 Å². The van der Waals surface area contributed by atoms with Crippen molar-refractivity contribution in [1.29, 1.82) is 0 Å². The summed E-state index contributed by atoms with van der Waals surface area (Å²) >= 11 is 1.22. The fraction of sp³-hybridized carbons (Fsp3) is 0.643. The first-order valence-corrected chi connectivity index (χ1v) is 8.09. The monoisotopic (exact) mass is 312 g/mol. The largest absolute Gasteiger partial charge is 0.476 e. The number of hydrogen-bond donors (Lipinski definition) is 2. The molecule has 1 aromatic heterocycles. The second-order valence-electron chi connectivity index (χ2n) is 5.09. The maximum atomic E-state index is 12.1. The van der Waals surface area contributed by atoms with Crippen molar-refractivity contribution in [1.82, 2.24) is 10.3 Å². The fourth-order valence-electron chi connectivity index (χ4n) is 2.37. The molecular formula is C14H20N2O4S. The van der Waals surface area contributed by atoms with Crippen molar-refractivity contribution >= 4 is 23.2 Å². The van der Waals surface area contributed by atoms with Gasteiger partial charge in [-0.1, -0.05) is 19.8 Å². The molecular weight excluding hydrogens is 292 g/mol. The van der Waals surface area contributed by atoms with Crippen LogP contribution < -0.4 is 5.32 Å². The third-order valence-electron chi connectivity index (χ3n) is 3.51. The van der Waals surface area contributed by atoms with Gasteiger partial charge in [-0.15, -0.1) is 11.3 Å². The average Bonchev–Trinajstić information content (AvgIpc) is 3.13. The summed E-state index contributed by atoms with van der Waals surface area (Å²) in [6.45, 7) is 2.16. The Morgan fingerprint density at radius 3 is 2.81 bits per heavy atom. The molecule has 1 saturated carbocycles. The van der Waals surface area contributed by atoms with Crippen LogP contribution in [-0.2, 0) is 16.1 Å². The third kappa shape index (κ3) is 4.50. The number of ether oxygens (including phenoxy) is 1. The molecule has 0 aromatic carbocycles. The maximum absolute atomic E-state index is 12.1. The molecule has 0 spiro atoms. The minimum atomic E-state index is -1.06. The fourth-order valence-corrected chi connectivity index (χ4v) is 3.07. The third-order valence-corrected chi connectivity index (χ3v) is 4.36. The van der Waals surface area contributed by atoms with E-state index in [1.54, 1.807) is 0 Å². The van der Waals surface area contributed by atoms with Gasteiger partial charge in [-0.2, -0.15) is 0 Å². The Hall–Kier alpha value is -1.47. The number of carboxylic acid groups (broad SMARTS) is 1. The van der Waals surface area contributed by atoms with Crippen LogP contribution in [0.3, 0.4) is 0 Å². The second kappa shape index (κ2) is 7.51. The number of rotatable bonds is 7. The summed E-state index contributed by atoms with van der Waals surface area (Å²) in [5, 5.41) is 13.6. The predicted molar refractivity (Wildman–Crippen MR) is 78.3 cm³/mol. The first-order valence-electron chi connectivity index (χ1n) is 7.21. The van der Waals surface area contributed by atoms with Gasteiger partial charge in [0.2, 0.25) is 5.91 Å². The van der Waals surface area contributed by atoms with Crippen LogP contribution in [0, 0.1) is 0 Å². The van der Waals surface area contributed by atoms with Gasteiger partial charge < -0.3 is 15.2 Å². The van der Waals surface area contributed by atoms with Crippen molar-refractivity contribution in [2.24, 2.45) is 0 Å². The molecule has 21 heavy (non-hydrogen) atoms. The minimum Gasteiger partial charge on any atom is -0.476 e. The van der Waals surface area contributed by atoms with Crippen LogP contribution in [0.15, 0.2) is 5.38 Å². The summed E-state index contributed by atoms with van der Waals surface area (Å²) in [6.07, 6.45) is 4.77. The van der Waals surface area contributed by atoms with Crippen LogP contribution in [0.2, 0.25) is 0 Å². The van der Waals surface area contributed by atoms with Gasteiger partial charge in [0.15, 0.2) is 5.69 Å². The highest BCUT2D eigenvalue weighted by Crippen LogP contribution is 2.23. The zero-order chi connectivity index (χ0) is 15.2. The SMILES string of the molecule is CCC(OC1CCCC1)C(=O)NCc1nc(C(=O)O)cs1. The molecule has 1 aliphatic rings. The molecule has 0 radical (unpaired) electrons. The summed E-state index contributed by atoms with van der Waals surface area (Å²) in [6, 6.07) is 0. The van der Waals surface area contributed by atoms with Gasteiger partial charge in [0.05, 0.1) is 12.6 Å². The lowest BCUT2D eigenvalue weighted by Gasteiger charge is -2.20. The molecule has 7 heteroatoms. The van der Waals surface area contributed by atoms with E-state index in [1.807, 2.05) is 6.92 Å². The highest BCUT2D eigenvalue weighted by Gasteiger charge is 2.24. The van der Waals surface area contributed by atoms with Gasteiger partial charge in [0.1, 0.15) is 11.1 Å². The molecule has 2 rings (SSSR count). The van der Waals surface area contributed by atoms with E-state index in [2.05, 4.69) is 10.3 Å². The lowest BCUT2D eigenvalue weighted by molar-refractivity contribution is -0.136. The Bertz CT molecular complexity index is 497. The topological polar surface area (TPSA) is 88.5 Å². The average molecular weight is 312 g/mol. The molecule has 1 amide bonds. The number of carboxylic acids is 1. The van der Waals surface area contributed by atoms with Gasteiger partial charge in [-0.25, -0.2) is 9.78 Å². The number of hydrogen-bond acceptors (Lipinski definition) is 5. The van der Waals surface area contributed by atoms with Crippen molar-refractivity contribution in [3.05, 3.63) is 16.1 Å². The van der Waals surface area contributed by atoms with Gasteiger partial charge in [0.25, 0.3) is 0 Å². The molecule has 1 fully saturated rings. The van der Waals surface area contributed by atoms with E-state index in [4.69, 9.17) is 9.84 Å². The lowest BCUT2D eigenvalue weighted by Crippen LogP contribution is -2.37. The van der Waals surface area contributed by atoms with E-state index in [-0.39, 0.29) is 24.2 Å². The lowest BCUT2D eigenvalue weighted by atomic mass is 10.2. The Labute approximate surface area is 127 Å². The molecule has 1 aromatic rings. The zero-order valence-corrected chi connectivity index (χ0v) is 12.8. The number of aromatic carboxylic acids is 1. The molecule has 1 unspecified atom stereocenters. The normalized spacial score (nSPS) is 16.8. The van der Waals surface area contributed by atoms with Crippen LogP contribution in [0.1, 0.15) is 54.5 Å². The van der Waals surface area contributed by atoms with E-state index in [0.717, 1.165) is 12.8 Å². The Morgan fingerprint density at radius 2 is 2.24 bits per heavy atom. The van der Waals surface area contributed by atoms with Crippen LogP contribution >= 0.6 is 11.3 Å². The van der Waals surface area contributed by atoms with E-state index >= 15 is 0 Å². The molecule has 0 saturated heterocycles. The van der Waals surface area contributed by atoms with E-state index in [9.17, 15) is 9.59 Å². The van der Waals surface area contributed by atoms with Crippen molar-refractivity contribution < 1.29 is 19.4 Å². The van der Waals surface area contributed by atoms with Crippen LogP contribution in [0.25, 0.3) is 0 Å². The molecule has 1 atom stereocenters. The van der Waals surface area contributed by atoms with Gasteiger partial charge >= 0.3 is 5.97 Å². The molecule has 1 heterocycles. The summed E-state index contributed by atoms with van der Waals surface area (Å²) in [4.78, 5) is 26.8. The quantitative estimate of drug-likeness (QED) is 0.805. The number of carbonyl (C=O) groups is 2. The number of nitrogens with one attached hydrogen (secondary N) is 1. The van der Waals surface area contributed by atoms with E-state index in [0.29, 0.717) is 11.4 Å². The van der Waals surface area contributed by atoms with Gasteiger partial charge in [0, 0.05) is 5.38 Å². The van der Waals surface area contributed by atoms with Crippen LogP contribution in [-0.4, -0.2) is 34.2 Å². The van der Waals surface area contributed by atoms with Crippen LogP contribution in [0.5, 0.6) is 0 Å². The van der Waals surface area contributed by atoms with Gasteiger partial charge in [-0.05, 0) is 19.3 Å². The summed E-state index contributed by atoms with van der Waals surface area (Å²) < 4.78 is 5.83. The molecule has 116 valence electrons. The maximum Gasteiger partial charge on any atom is 0.355 e. The molecule has 1 aliphatic carbocycles. The number of aromatic nitrogens is 1. The Morgan fingerprint density at radius 1 is 1.52 bits per heavy atom. The Balaban J connectivity index is 1.82. The summed E-state index contributed by atoms with van der Waals surface area (Å²) in [5.74, 6) is -1.21. The van der Waals surface area contributed by atoms with E-state index < -0.39 is 12.1 Å². The number of nitrogens with zero attached hydrogens (tertiary/aromatic N) is 1. The standard InChI is InChI=1S/C14H20N2O4S/c1-2-11(20-9-5-3-4-6-9)13(17)15-7-12-16-10(8-21-12)14(18)19/h8-9,11H,2-7H2,1H3,(H,15,17)(H,18,19). The number of thiazole rings is 1. The van der Waals surface area contributed by atoms with Gasteiger partial charge in [-0.3, -0.25) is 4.79 Å². The summed E-state index contributed by atoms with van der Waals surface area (Å²) in [7, 11) is 0. The van der Waals surface area contributed by atoms with Crippen molar-refractivity contribution in [2.75, 3.05) is 0 Å². The highest BCUT2D eigenvalue weighted by atomic mass is 32.1. The highest BCUT2D eigenvalue weighted by molar-refractivity contribution is 7.09.